The molecule has 0 spiro atoms. The van der Waals surface area contributed by atoms with Crippen molar-refractivity contribution in [1.29, 1.82) is 0 Å². The molecule has 130 valence electrons. The third kappa shape index (κ3) is 4.89. The molecule has 0 unspecified atom stereocenters. The summed E-state index contributed by atoms with van der Waals surface area (Å²) in [7, 11) is 8.26. The molecule has 0 fully saturated rings. The average molecular weight is 325 g/mol. The quantitative estimate of drug-likeness (QED) is 0.656. The van der Waals surface area contributed by atoms with Crippen molar-refractivity contribution in [3.05, 3.63) is 59.7 Å². The molecule has 0 N–H and O–H groups in total. The van der Waals surface area contributed by atoms with E-state index in [2.05, 4.69) is 100 Å². The molecule has 2 aromatic rings. The van der Waals surface area contributed by atoms with Crippen LogP contribution in [0.3, 0.4) is 0 Å². The zero-order valence-electron chi connectivity index (χ0n) is 16.5. The standard InChI is InChI=1S/C20H26N2.C2H6/c1-15(17-7-11-19(12-8-17)21(3)4)16(2)18-9-13-20(14-10-18)22(5)6;1-2/h7-14H,1-6H3;1-2H3/b16-15-;. The molecule has 2 rings (SSSR count). The molecule has 0 heterocycles. The predicted octanol–water partition coefficient (Wildman–Crippen LogP) is 5.80. The molecule has 0 aliphatic carbocycles. The largest absolute Gasteiger partial charge is 0.378 e. The van der Waals surface area contributed by atoms with E-state index in [4.69, 9.17) is 0 Å². The Kier molecular flexibility index (Phi) is 7.57. The monoisotopic (exact) mass is 324 g/mol. The van der Waals surface area contributed by atoms with Crippen molar-refractivity contribution in [2.45, 2.75) is 27.7 Å². The van der Waals surface area contributed by atoms with Crippen LogP contribution in [-0.4, -0.2) is 28.2 Å². The Morgan fingerprint density at radius 3 is 1.00 bits per heavy atom. The minimum atomic E-state index is 1.23. The molecule has 24 heavy (non-hydrogen) atoms. The van der Waals surface area contributed by atoms with E-state index in [9.17, 15) is 0 Å². The highest BCUT2D eigenvalue weighted by molar-refractivity contribution is 5.89. The fraction of sp³-hybridized carbons (Fsp3) is 0.364. The summed E-state index contributed by atoms with van der Waals surface area (Å²) < 4.78 is 0. The van der Waals surface area contributed by atoms with E-state index < -0.39 is 0 Å². The van der Waals surface area contributed by atoms with Gasteiger partial charge in [0.05, 0.1) is 0 Å². The number of hydrogen-bond donors (Lipinski definition) is 0. The first-order valence-electron chi connectivity index (χ1n) is 8.63. The number of rotatable bonds is 4. The van der Waals surface area contributed by atoms with Crippen molar-refractivity contribution in [2.24, 2.45) is 0 Å². The van der Waals surface area contributed by atoms with Gasteiger partial charge in [-0.1, -0.05) is 38.1 Å². The molecule has 0 bridgehead atoms. The number of allylic oxidation sites excluding steroid dienone is 2. The van der Waals surface area contributed by atoms with Crippen molar-refractivity contribution in [3.63, 3.8) is 0 Å². The van der Waals surface area contributed by atoms with Crippen LogP contribution in [0, 0.1) is 0 Å². The van der Waals surface area contributed by atoms with E-state index in [1.807, 2.05) is 13.8 Å². The molecule has 0 saturated carbocycles. The van der Waals surface area contributed by atoms with Gasteiger partial charge in [-0.25, -0.2) is 0 Å². The maximum atomic E-state index is 2.20. The minimum absolute atomic E-state index is 1.23. The summed E-state index contributed by atoms with van der Waals surface area (Å²) in [6.45, 7) is 8.39. The zero-order chi connectivity index (χ0) is 18.3. The van der Waals surface area contributed by atoms with Gasteiger partial charge in [0.25, 0.3) is 0 Å². The Morgan fingerprint density at radius 2 is 0.792 bits per heavy atom. The second-order valence-electron chi connectivity index (χ2n) is 6.13. The highest BCUT2D eigenvalue weighted by Gasteiger charge is 2.05. The van der Waals surface area contributed by atoms with Gasteiger partial charge in [0.1, 0.15) is 0 Å². The van der Waals surface area contributed by atoms with E-state index in [-0.39, 0.29) is 0 Å². The summed E-state index contributed by atoms with van der Waals surface area (Å²) in [5.74, 6) is 0. The summed E-state index contributed by atoms with van der Waals surface area (Å²) in [4.78, 5) is 4.24. The van der Waals surface area contributed by atoms with E-state index in [1.165, 1.54) is 33.6 Å². The summed E-state index contributed by atoms with van der Waals surface area (Å²) >= 11 is 0. The third-order valence-electron chi connectivity index (χ3n) is 4.20. The highest BCUT2D eigenvalue weighted by Crippen LogP contribution is 2.28. The van der Waals surface area contributed by atoms with Crippen LogP contribution >= 0.6 is 0 Å². The Balaban J connectivity index is 0.00000139. The topological polar surface area (TPSA) is 6.48 Å². The number of hydrogen-bond acceptors (Lipinski definition) is 2. The lowest BCUT2D eigenvalue weighted by molar-refractivity contribution is 1.13. The van der Waals surface area contributed by atoms with Crippen molar-refractivity contribution in [1.82, 2.24) is 0 Å². The Morgan fingerprint density at radius 1 is 0.542 bits per heavy atom. The molecule has 0 saturated heterocycles. The first kappa shape index (κ1) is 19.8. The van der Waals surface area contributed by atoms with Crippen molar-refractivity contribution in [3.8, 4) is 0 Å². The van der Waals surface area contributed by atoms with Crippen LogP contribution in [0.5, 0.6) is 0 Å². The van der Waals surface area contributed by atoms with Crippen LogP contribution in [0.1, 0.15) is 38.8 Å². The van der Waals surface area contributed by atoms with Gasteiger partial charge >= 0.3 is 0 Å². The van der Waals surface area contributed by atoms with E-state index in [1.54, 1.807) is 0 Å². The molecule has 2 aromatic carbocycles. The second-order valence-corrected chi connectivity index (χ2v) is 6.13. The first-order chi connectivity index (χ1) is 11.4. The van der Waals surface area contributed by atoms with Gasteiger partial charge in [-0.15, -0.1) is 0 Å². The molecule has 0 radical (unpaired) electrons. The Hall–Kier alpha value is -2.22. The second kappa shape index (κ2) is 9.17. The van der Waals surface area contributed by atoms with Crippen LogP contribution in [0.2, 0.25) is 0 Å². The highest BCUT2D eigenvalue weighted by atomic mass is 15.1. The van der Waals surface area contributed by atoms with Crippen molar-refractivity contribution >= 4 is 22.5 Å². The maximum Gasteiger partial charge on any atom is 0.0361 e. The summed E-state index contributed by atoms with van der Waals surface area (Å²) in [5.41, 5.74) is 7.65. The van der Waals surface area contributed by atoms with Crippen LogP contribution in [0.25, 0.3) is 11.1 Å². The Bertz CT molecular complexity index is 588. The first-order valence-corrected chi connectivity index (χ1v) is 8.63. The van der Waals surface area contributed by atoms with Crippen molar-refractivity contribution < 1.29 is 0 Å². The van der Waals surface area contributed by atoms with E-state index >= 15 is 0 Å². The molecule has 2 nitrogen and oxygen atoms in total. The fourth-order valence-corrected chi connectivity index (χ4v) is 2.45. The summed E-state index contributed by atoms with van der Waals surface area (Å²) in [6.07, 6.45) is 0. The van der Waals surface area contributed by atoms with Gasteiger partial charge in [0.15, 0.2) is 0 Å². The summed E-state index contributed by atoms with van der Waals surface area (Å²) in [6, 6.07) is 17.5. The number of nitrogens with zero attached hydrogens (tertiary/aromatic N) is 2. The summed E-state index contributed by atoms with van der Waals surface area (Å²) in [5, 5.41) is 0. The minimum Gasteiger partial charge on any atom is -0.378 e. The number of benzene rings is 2. The van der Waals surface area contributed by atoms with Gasteiger partial charge < -0.3 is 9.80 Å². The molecular formula is C22H32N2. The molecule has 0 atom stereocenters. The average Bonchev–Trinajstić information content (AvgIpc) is 2.62. The van der Waals surface area contributed by atoms with Gasteiger partial charge in [0.2, 0.25) is 0 Å². The van der Waals surface area contributed by atoms with Gasteiger partial charge in [-0.3, -0.25) is 0 Å². The normalized spacial score (nSPS) is 11.2. The smallest absolute Gasteiger partial charge is 0.0361 e. The maximum absolute atomic E-state index is 2.20. The van der Waals surface area contributed by atoms with Gasteiger partial charge in [-0.05, 0) is 60.4 Å². The van der Waals surface area contributed by atoms with Gasteiger partial charge in [0, 0.05) is 39.6 Å². The van der Waals surface area contributed by atoms with Crippen LogP contribution in [-0.2, 0) is 0 Å². The van der Waals surface area contributed by atoms with E-state index in [0.29, 0.717) is 0 Å². The molecule has 2 heteroatoms. The van der Waals surface area contributed by atoms with Gasteiger partial charge in [-0.2, -0.15) is 0 Å². The van der Waals surface area contributed by atoms with Crippen LogP contribution in [0.15, 0.2) is 48.5 Å². The Labute approximate surface area is 148 Å². The predicted molar refractivity (Wildman–Crippen MR) is 111 cm³/mol. The molecular weight excluding hydrogens is 292 g/mol. The van der Waals surface area contributed by atoms with Crippen molar-refractivity contribution in [2.75, 3.05) is 38.0 Å². The molecule has 0 amide bonds. The van der Waals surface area contributed by atoms with Crippen LogP contribution in [0.4, 0.5) is 11.4 Å². The molecule has 0 aliphatic heterocycles. The lowest BCUT2D eigenvalue weighted by Crippen LogP contribution is -2.08. The SMILES string of the molecule is C/C(=C(\C)c1ccc(N(C)C)cc1)c1ccc(N(C)C)cc1.CC. The lowest BCUT2D eigenvalue weighted by Gasteiger charge is -2.15. The number of anilines is 2. The third-order valence-corrected chi connectivity index (χ3v) is 4.20. The molecule has 0 aromatic heterocycles. The van der Waals surface area contributed by atoms with Crippen LogP contribution < -0.4 is 9.80 Å². The lowest BCUT2D eigenvalue weighted by atomic mass is 9.96. The molecule has 0 aliphatic rings. The fourth-order valence-electron chi connectivity index (χ4n) is 2.45. The zero-order valence-corrected chi connectivity index (χ0v) is 16.5. The van der Waals surface area contributed by atoms with E-state index in [0.717, 1.165) is 0 Å².